The molecular formula is C11H12F2N4O3. The molecule has 0 saturated heterocycles. The summed E-state index contributed by atoms with van der Waals surface area (Å²) in [4.78, 5) is 23.3. The molecule has 0 saturated carbocycles. The molecule has 0 aliphatic rings. The monoisotopic (exact) mass is 286 g/mol. The van der Waals surface area contributed by atoms with Crippen LogP contribution in [-0.2, 0) is 11.3 Å². The molecule has 0 aliphatic carbocycles. The second-order valence-electron chi connectivity index (χ2n) is 4.07. The summed E-state index contributed by atoms with van der Waals surface area (Å²) < 4.78 is 26.2. The number of fused-ring (bicyclic) bond motifs is 1. The van der Waals surface area contributed by atoms with Crippen LogP contribution in [0.5, 0.6) is 0 Å². The van der Waals surface area contributed by atoms with Crippen molar-refractivity contribution in [3.8, 4) is 0 Å². The van der Waals surface area contributed by atoms with Gasteiger partial charge in [0.2, 0.25) is 5.91 Å². The number of aromatic nitrogens is 3. The molecule has 2 N–H and O–H groups in total. The second kappa shape index (κ2) is 5.78. The molecule has 2 heterocycles. The van der Waals surface area contributed by atoms with Crippen molar-refractivity contribution in [2.45, 2.75) is 19.1 Å². The SMILES string of the molecule is O=C(Cn1nc2ccccn2c1=O)NCC(O)C(F)F. The smallest absolute Gasteiger partial charge is 0.350 e. The van der Waals surface area contributed by atoms with Crippen LogP contribution in [0.15, 0.2) is 29.2 Å². The van der Waals surface area contributed by atoms with Gasteiger partial charge in [-0.2, -0.15) is 0 Å². The largest absolute Gasteiger partial charge is 0.385 e. The highest BCUT2D eigenvalue weighted by molar-refractivity contribution is 5.75. The van der Waals surface area contributed by atoms with E-state index < -0.39 is 37.2 Å². The van der Waals surface area contributed by atoms with E-state index in [1.54, 1.807) is 18.2 Å². The molecule has 2 aromatic rings. The van der Waals surface area contributed by atoms with Crippen LogP contribution in [0.1, 0.15) is 0 Å². The standard InChI is InChI=1S/C11H12F2N4O3/c12-10(13)7(18)5-14-9(19)6-17-11(20)16-4-2-1-3-8(16)15-17/h1-4,7,10,18H,5-6H2,(H,14,19). The third-order valence-corrected chi connectivity index (χ3v) is 2.58. The molecule has 1 amide bonds. The van der Waals surface area contributed by atoms with Gasteiger partial charge in [-0.25, -0.2) is 18.3 Å². The maximum atomic E-state index is 12.0. The normalized spacial score (nSPS) is 12.8. The number of rotatable bonds is 5. The topological polar surface area (TPSA) is 88.6 Å². The van der Waals surface area contributed by atoms with Crippen molar-refractivity contribution < 1.29 is 18.7 Å². The van der Waals surface area contributed by atoms with E-state index in [2.05, 4.69) is 10.4 Å². The van der Waals surface area contributed by atoms with Crippen LogP contribution in [0, 0.1) is 0 Å². The third-order valence-electron chi connectivity index (χ3n) is 2.58. The van der Waals surface area contributed by atoms with Crippen molar-refractivity contribution in [2.75, 3.05) is 6.54 Å². The lowest BCUT2D eigenvalue weighted by molar-refractivity contribution is -0.122. The minimum Gasteiger partial charge on any atom is -0.385 e. The van der Waals surface area contributed by atoms with E-state index in [0.29, 0.717) is 5.65 Å². The molecule has 7 nitrogen and oxygen atoms in total. The number of halogens is 2. The van der Waals surface area contributed by atoms with Gasteiger partial charge in [0.1, 0.15) is 12.6 Å². The van der Waals surface area contributed by atoms with E-state index in [1.807, 2.05) is 0 Å². The first-order chi connectivity index (χ1) is 9.49. The Morgan fingerprint density at radius 3 is 2.85 bits per heavy atom. The van der Waals surface area contributed by atoms with Gasteiger partial charge < -0.3 is 10.4 Å². The number of hydrogen-bond donors (Lipinski definition) is 2. The molecule has 108 valence electrons. The Kier molecular flexibility index (Phi) is 4.08. The van der Waals surface area contributed by atoms with Gasteiger partial charge in [0, 0.05) is 12.7 Å². The number of alkyl halides is 2. The fourth-order valence-electron chi connectivity index (χ4n) is 1.57. The van der Waals surface area contributed by atoms with E-state index in [9.17, 15) is 18.4 Å². The van der Waals surface area contributed by atoms with Gasteiger partial charge in [0.15, 0.2) is 5.65 Å². The highest BCUT2D eigenvalue weighted by Gasteiger charge is 2.18. The molecule has 0 fully saturated rings. The summed E-state index contributed by atoms with van der Waals surface area (Å²) >= 11 is 0. The van der Waals surface area contributed by atoms with Crippen LogP contribution < -0.4 is 11.0 Å². The summed E-state index contributed by atoms with van der Waals surface area (Å²) in [7, 11) is 0. The molecule has 1 unspecified atom stereocenters. The summed E-state index contributed by atoms with van der Waals surface area (Å²) in [5.41, 5.74) is -0.136. The average molecular weight is 286 g/mol. The summed E-state index contributed by atoms with van der Waals surface area (Å²) in [5.74, 6) is -0.685. The van der Waals surface area contributed by atoms with Crippen LogP contribution in [0.4, 0.5) is 8.78 Å². The predicted octanol–water partition coefficient (Wildman–Crippen LogP) is -0.762. The Labute approximate surface area is 111 Å². The molecule has 2 rings (SSSR count). The first-order valence-corrected chi connectivity index (χ1v) is 5.76. The first kappa shape index (κ1) is 14.1. The maximum Gasteiger partial charge on any atom is 0.350 e. The fourth-order valence-corrected chi connectivity index (χ4v) is 1.57. The molecule has 0 aliphatic heterocycles. The van der Waals surface area contributed by atoms with Crippen molar-refractivity contribution in [3.05, 3.63) is 34.9 Å². The zero-order valence-electron chi connectivity index (χ0n) is 10.2. The zero-order valence-corrected chi connectivity index (χ0v) is 10.2. The van der Waals surface area contributed by atoms with Gasteiger partial charge in [-0.1, -0.05) is 6.07 Å². The second-order valence-corrected chi connectivity index (χ2v) is 4.07. The zero-order chi connectivity index (χ0) is 14.7. The van der Waals surface area contributed by atoms with Crippen LogP contribution in [0.3, 0.4) is 0 Å². The van der Waals surface area contributed by atoms with Crippen LogP contribution in [0.2, 0.25) is 0 Å². The van der Waals surface area contributed by atoms with Crippen molar-refractivity contribution in [1.82, 2.24) is 19.5 Å². The van der Waals surface area contributed by atoms with Crippen molar-refractivity contribution in [2.24, 2.45) is 0 Å². The Morgan fingerprint density at radius 2 is 2.20 bits per heavy atom. The molecule has 20 heavy (non-hydrogen) atoms. The van der Waals surface area contributed by atoms with Crippen LogP contribution in [0.25, 0.3) is 5.65 Å². The molecule has 1 atom stereocenters. The number of carbonyl (C=O) groups is 1. The molecule has 0 bridgehead atoms. The van der Waals surface area contributed by atoms with E-state index in [1.165, 1.54) is 10.6 Å². The molecule has 0 radical (unpaired) electrons. The van der Waals surface area contributed by atoms with Gasteiger partial charge in [-0.3, -0.25) is 9.20 Å². The summed E-state index contributed by atoms with van der Waals surface area (Å²) in [6.07, 6.45) is -3.37. The lowest BCUT2D eigenvalue weighted by Gasteiger charge is -2.10. The first-order valence-electron chi connectivity index (χ1n) is 5.76. The quantitative estimate of drug-likeness (QED) is 0.756. The minimum atomic E-state index is -2.94. The number of amides is 1. The van der Waals surface area contributed by atoms with Crippen LogP contribution >= 0.6 is 0 Å². The highest BCUT2D eigenvalue weighted by Crippen LogP contribution is 1.98. The number of nitrogens with zero attached hydrogens (tertiary/aromatic N) is 3. The number of nitrogens with one attached hydrogen (secondary N) is 1. The van der Waals surface area contributed by atoms with E-state index in [4.69, 9.17) is 5.11 Å². The molecule has 2 aromatic heterocycles. The van der Waals surface area contributed by atoms with Gasteiger partial charge in [0.25, 0.3) is 6.43 Å². The summed E-state index contributed by atoms with van der Waals surface area (Å²) in [6.45, 7) is -0.991. The molecular weight excluding hydrogens is 274 g/mol. The lowest BCUT2D eigenvalue weighted by Crippen LogP contribution is -2.39. The third kappa shape index (κ3) is 2.99. The number of pyridine rings is 1. The highest BCUT2D eigenvalue weighted by atomic mass is 19.3. The number of aliphatic hydroxyl groups excluding tert-OH is 1. The summed E-state index contributed by atoms with van der Waals surface area (Å²) in [6, 6.07) is 4.92. The van der Waals surface area contributed by atoms with E-state index in [0.717, 1.165) is 4.68 Å². The van der Waals surface area contributed by atoms with E-state index in [-0.39, 0.29) is 0 Å². The van der Waals surface area contributed by atoms with E-state index >= 15 is 0 Å². The molecule has 9 heteroatoms. The van der Waals surface area contributed by atoms with Gasteiger partial charge in [-0.15, -0.1) is 5.10 Å². The van der Waals surface area contributed by atoms with Crippen molar-refractivity contribution in [1.29, 1.82) is 0 Å². The fraction of sp³-hybridized carbons (Fsp3) is 0.364. The lowest BCUT2D eigenvalue weighted by atomic mass is 10.3. The number of hydrogen-bond acceptors (Lipinski definition) is 4. The Balaban J connectivity index is 2.03. The summed E-state index contributed by atoms with van der Waals surface area (Å²) in [5, 5.41) is 14.9. The van der Waals surface area contributed by atoms with Crippen LogP contribution in [-0.4, -0.2) is 44.3 Å². The average Bonchev–Trinajstić information content (AvgIpc) is 2.73. The number of aliphatic hydroxyl groups is 1. The predicted molar refractivity (Wildman–Crippen MR) is 64.5 cm³/mol. The maximum absolute atomic E-state index is 12.0. The van der Waals surface area contributed by atoms with Gasteiger partial charge >= 0.3 is 5.69 Å². The van der Waals surface area contributed by atoms with Gasteiger partial charge in [-0.05, 0) is 12.1 Å². The molecule has 0 aromatic carbocycles. The van der Waals surface area contributed by atoms with Crippen molar-refractivity contribution >= 4 is 11.6 Å². The minimum absolute atomic E-state index is 0.373. The Bertz CT molecular complexity index is 667. The van der Waals surface area contributed by atoms with Crippen molar-refractivity contribution in [3.63, 3.8) is 0 Å². The Morgan fingerprint density at radius 1 is 1.45 bits per heavy atom. The molecule has 0 spiro atoms. The van der Waals surface area contributed by atoms with Gasteiger partial charge in [0.05, 0.1) is 0 Å². The number of carbonyl (C=O) groups excluding carboxylic acids is 1. The Hall–Kier alpha value is -2.29.